The summed E-state index contributed by atoms with van der Waals surface area (Å²) in [6.07, 6.45) is 1.74. The number of carbonyl (C=O) groups is 1. The number of benzene rings is 2. The highest BCUT2D eigenvalue weighted by Crippen LogP contribution is 2.34. The minimum atomic E-state index is -0.137. The van der Waals surface area contributed by atoms with Crippen LogP contribution in [0.5, 0.6) is 0 Å². The number of hydrogen-bond donors (Lipinski definition) is 1. The van der Waals surface area contributed by atoms with Crippen molar-refractivity contribution < 1.29 is 4.79 Å². The second-order valence-electron chi connectivity index (χ2n) is 5.57. The first kappa shape index (κ1) is 19.9. The van der Waals surface area contributed by atoms with Gasteiger partial charge in [0.2, 0.25) is 0 Å². The molecule has 0 unspecified atom stereocenters. The van der Waals surface area contributed by atoms with E-state index in [0.29, 0.717) is 25.9 Å². The largest absolute Gasteiger partial charge is 0.367 e. The molecule has 0 spiro atoms. The molecular formula is C18H13Cl2IN2OS2. The number of nitrogens with zero attached hydrogens (tertiary/aromatic N) is 1. The number of thiocarbonyl (C=S) groups is 1. The average Bonchev–Trinajstić information content (AvgIpc) is 2.83. The minimum Gasteiger partial charge on any atom is -0.367 e. The summed E-state index contributed by atoms with van der Waals surface area (Å²) in [7, 11) is 0. The number of halogens is 3. The van der Waals surface area contributed by atoms with Gasteiger partial charge in [-0.25, -0.2) is 0 Å². The molecule has 1 heterocycles. The minimum absolute atomic E-state index is 0.137. The van der Waals surface area contributed by atoms with Crippen LogP contribution in [0.1, 0.15) is 11.1 Å². The molecule has 2 aromatic rings. The summed E-state index contributed by atoms with van der Waals surface area (Å²) in [5, 5.41) is 4.32. The Labute approximate surface area is 185 Å². The van der Waals surface area contributed by atoms with Crippen molar-refractivity contribution in [3.63, 3.8) is 0 Å². The molecule has 1 fully saturated rings. The van der Waals surface area contributed by atoms with Gasteiger partial charge in [-0.1, -0.05) is 53.2 Å². The summed E-state index contributed by atoms with van der Waals surface area (Å²) in [6, 6.07) is 11.3. The second-order valence-corrected chi connectivity index (χ2v) is 9.33. The summed E-state index contributed by atoms with van der Waals surface area (Å²) < 4.78 is 1.68. The molecule has 3 rings (SSSR count). The van der Waals surface area contributed by atoms with Crippen LogP contribution in [0, 0.1) is 10.5 Å². The van der Waals surface area contributed by atoms with Crippen molar-refractivity contribution in [1.29, 1.82) is 0 Å². The monoisotopic (exact) mass is 534 g/mol. The first-order valence-electron chi connectivity index (χ1n) is 7.55. The van der Waals surface area contributed by atoms with Gasteiger partial charge in [0.1, 0.15) is 4.32 Å². The molecule has 8 heteroatoms. The van der Waals surface area contributed by atoms with E-state index in [1.54, 1.807) is 29.2 Å². The number of thioether (sulfide) groups is 1. The van der Waals surface area contributed by atoms with Gasteiger partial charge in [-0.3, -0.25) is 9.69 Å². The Kier molecular flexibility index (Phi) is 6.50. The van der Waals surface area contributed by atoms with Gasteiger partial charge in [0.15, 0.2) is 0 Å². The van der Waals surface area contributed by atoms with Crippen molar-refractivity contribution in [2.24, 2.45) is 0 Å². The molecule has 26 heavy (non-hydrogen) atoms. The molecule has 0 radical (unpaired) electrons. The molecule has 134 valence electrons. The Balaban J connectivity index is 1.75. The highest BCUT2D eigenvalue weighted by atomic mass is 127. The van der Waals surface area contributed by atoms with Crippen LogP contribution in [-0.2, 0) is 4.79 Å². The van der Waals surface area contributed by atoms with Crippen LogP contribution in [0.25, 0.3) is 6.08 Å². The van der Waals surface area contributed by atoms with Crippen LogP contribution in [0.15, 0.2) is 41.3 Å². The Morgan fingerprint density at radius 2 is 2.04 bits per heavy atom. The molecular weight excluding hydrogens is 522 g/mol. The lowest BCUT2D eigenvalue weighted by Gasteiger charge is -2.17. The van der Waals surface area contributed by atoms with Crippen molar-refractivity contribution in [1.82, 2.24) is 4.90 Å². The van der Waals surface area contributed by atoms with Gasteiger partial charge in [0, 0.05) is 19.3 Å². The fourth-order valence-electron chi connectivity index (χ4n) is 2.39. The Morgan fingerprint density at radius 1 is 1.27 bits per heavy atom. The number of aryl methyl sites for hydroxylation is 1. The van der Waals surface area contributed by atoms with Gasteiger partial charge in [0.25, 0.3) is 5.91 Å². The Bertz CT molecular complexity index is 933. The maximum absolute atomic E-state index is 12.7. The van der Waals surface area contributed by atoms with E-state index in [4.69, 9.17) is 35.4 Å². The Morgan fingerprint density at radius 3 is 2.73 bits per heavy atom. The topological polar surface area (TPSA) is 32.3 Å². The van der Waals surface area contributed by atoms with Crippen molar-refractivity contribution in [2.45, 2.75) is 6.92 Å². The number of hydrogen-bond acceptors (Lipinski definition) is 4. The van der Waals surface area contributed by atoms with Gasteiger partial charge in [0.05, 0.1) is 11.6 Å². The lowest BCUT2D eigenvalue weighted by Crippen LogP contribution is -2.33. The number of rotatable bonds is 4. The molecule has 0 saturated carbocycles. The zero-order chi connectivity index (χ0) is 18.8. The van der Waals surface area contributed by atoms with Crippen LogP contribution in [0.4, 0.5) is 5.69 Å². The van der Waals surface area contributed by atoms with E-state index in [1.165, 1.54) is 15.3 Å². The van der Waals surface area contributed by atoms with Crippen LogP contribution in [0.3, 0.4) is 0 Å². The predicted molar refractivity (Wildman–Crippen MR) is 124 cm³/mol. The van der Waals surface area contributed by atoms with E-state index in [2.05, 4.69) is 34.0 Å². The summed E-state index contributed by atoms with van der Waals surface area (Å²) in [6.45, 7) is 2.34. The van der Waals surface area contributed by atoms with Crippen LogP contribution in [0.2, 0.25) is 10.0 Å². The SMILES string of the molecule is Cc1cc(I)ccc1NCN1C(=O)/C(=C/c2ccc(Cl)cc2Cl)SC1=S. The highest BCUT2D eigenvalue weighted by molar-refractivity contribution is 14.1. The van der Waals surface area contributed by atoms with Crippen molar-refractivity contribution >= 4 is 91.8 Å². The van der Waals surface area contributed by atoms with Gasteiger partial charge in [-0.15, -0.1) is 0 Å². The van der Waals surface area contributed by atoms with Gasteiger partial charge in [-0.05, 0) is 77.0 Å². The maximum Gasteiger partial charge on any atom is 0.267 e. The fourth-order valence-corrected chi connectivity index (χ4v) is 4.74. The molecule has 0 atom stereocenters. The van der Waals surface area contributed by atoms with Crippen LogP contribution in [-0.4, -0.2) is 21.8 Å². The van der Waals surface area contributed by atoms with Gasteiger partial charge < -0.3 is 5.32 Å². The first-order chi connectivity index (χ1) is 12.3. The van der Waals surface area contributed by atoms with E-state index in [0.717, 1.165) is 16.8 Å². The standard InChI is InChI=1S/C18H13Cl2IN2OS2/c1-10-6-13(21)4-5-15(10)22-9-23-17(24)16(26-18(23)25)7-11-2-3-12(19)8-14(11)20/h2-8,22H,9H2,1H3/b16-7-. The fraction of sp³-hybridized carbons (Fsp3) is 0.111. The lowest BCUT2D eigenvalue weighted by molar-refractivity contribution is -0.121. The number of anilines is 1. The third-order valence-electron chi connectivity index (χ3n) is 3.74. The summed E-state index contributed by atoms with van der Waals surface area (Å²) >= 11 is 21.0. The van der Waals surface area contributed by atoms with E-state index >= 15 is 0 Å². The zero-order valence-corrected chi connectivity index (χ0v) is 18.9. The summed E-state index contributed by atoms with van der Waals surface area (Å²) in [5.74, 6) is -0.137. The molecule has 1 amide bonds. The number of nitrogens with one attached hydrogen (secondary N) is 1. The van der Waals surface area contributed by atoms with E-state index < -0.39 is 0 Å². The van der Waals surface area contributed by atoms with Crippen molar-refractivity contribution in [2.75, 3.05) is 12.0 Å². The third-order valence-corrected chi connectivity index (χ3v) is 6.35. The molecule has 3 nitrogen and oxygen atoms in total. The normalized spacial score (nSPS) is 15.8. The van der Waals surface area contributed by atoms with Crippen LogP contribution >= 0.6 is 69.8 Å². The second kappa shape index (κ2) is 8.48. The smallest absolute Gasteiger partial charge is 0.267 e. The molecule has 0 aromatic heterocycles. The molecule has 1 aliphatic heterocycles. The van der Waals surface area contributed by atoms with E-state index in [-0.39, 0.29) is 5.91 Å². The predicted octanol–water partition coefficient (Wildman–Crippen LogP) is 6.18. The third kappa shape index (κ3) is 4.54. The molecule has 1 N–H and O–H groups in total. The van der Waals surface area contributed by atoms with Crippen LogP contribution < -0.4 is 5.32 Å². The summed E-state index contributed by atoms with van der Waals surface area (Å²) in [4.78, 5) is 14.8. The van der Waals surface area contributed by atoms with Crippen molar-refractivity contribution in [3.8, 4) is 0 Å². The maximum atomic E-state index is 12.7. The quantitative estimate of drug-likeness (QED) is 0.288. The van der Waals surface area contributed by atoms with E-state index in [1.807, 2.05) is 19.1 Å². The van der Waals surface area contributed by atoms with Gasteiger partial charge >= 0.3 is 0 Å². The first-order valence-corrected chi connectivity index (χ1v) is 10.6. The number of carbonyl (C=O) groups excluding carboxylic acids is 1. The summed E-state index contributed by atoms with van der Waals surface area (Å²) in [5.41, 5.74) is 2.83. The molecule has 1 aliphatic rings. The Hall–Kier alpha value is -0.800. The van der Waals surface area contributed by atoms with Crippen molar-refractivity contribution in [3.05, 3.63) is 66.0 Å². The highest BCUT2D eigenvalue weighted by Gasteiger charge is 2.32. The molecule has 2 aromatic carbocycles. The molecule has 1 saturated heterocycles. The average molecular weight is 535 g/mol. The molecule has 0 bridgehead atoms. The van der Waals surface area contributed by atoms with Gasteiger partial charge in [-0.2, -0.15) is 0 Å². The van der Waals surface area contributed by atoms with E-state index in [9.17, 15) is 4.79 Å². The number of amides is 1. The molecule has 0 aliphatic carbocycles. The lowest BCUT2D eigenvalue weighted by atomic mass is 10.2. The zero-order valence-electron chi connectivity index (χ0n) is 13.6.